The minimum Gasteiger partial charge on any atom is -0.335 e. The van der Waals surface area contributed by atoms with Crippen molar-refractivity contribution in [2.75, 3.05) is 4.90 Å². The highest BCUT2D eigenvalue weighted by atomic mass is 15.3. The molecule has 2 atom stereocenters. The van der Waals surface area contributed by atoms with E-state index in [9.17, 15) is 0 Å². The fraction of sp³-hybridized carbons (Fsp3) is 0.309. The lowest BCUT2D eigenvalue weighted by Gasteiger charge is -2.52. The summed E-state index contributed by atoms with van der Waals surface area (Å²) in [4.78, 5) is 2.89. The van der Waals surface area contributed by atoms with Gasteiger partial charge in [0, 0.05) is 44.5 Å². The molecule has 1 saturated carbocycles. The molecule has 6 aliphatic rings. The number of nitrogens with zero attached hydrogens (tertiary/aromatic N) is 2. The molecule has 3 aliphatic carbocycles. The topological polar surface area (TPSA) is 8.17 Å². The Kier molecular flexibility index (Phi) is 5.97. The summed E-state index contributed by atoms with van der Waals surface area (Å²) in [6.07, 6.45) is 5.02. The highest BCUT2D eigenvalue weighted by Gasteiger charge is 2.62. The number of anilines is 2. The molecule has 1 aromatic heterocycles. The smallest absolute Gasteiger partial charge is 0.252 e. The Labute approximate surface area is 344 Å². The molecule has 2 nitrogen and oxygen atoms in total. The van der Waals surface area contributed by atoms with Gasteiger partial charge in [0.15, 0.2) is 0 Å². The predicted octanol–water partition coefficient (Wildman–Crippen LogP) is 11.5. The maximum Gasteiger partial charge on any atom is 0.252 e. The van der Waals surface area contributed by atoms with Crippen LogP contribution in [0.5, 0.6) is 0 Å². The van der Waals surface area contributed by atoms with E-state index in [1.807, 2.05) is 0 Å². The highest BCUT2D eigenvalue weighted by molar-refractivity contribution is 7.00. The summed E-state index contributed by atoms with van der Waals surface area (Å²) in [5, 5.41) is 1.41. The fourth-order valence-corrected chi connectivity index (χ4v) is 13.5. The zero-order chi connectivity index (χ0) is 39.5. The van der Waals surface area contributed by atoms with Crippen molar-refractivity contribution in [3.8, 4) is 28.1 Å². The van der Waals surface area contributed by atoms with Crippen LogP contribution in [0.15, 0.2) is 115 Å². The lowest BCUT2D eigenvalue weighted by Crippen LogP contribution is -2.64. The molecule has 6 aromatic carbocycles. The quantitative estimate of drug-likeness (QED) is 0.140. The van der Waals surface area contributed by atoms with Crippen LogP contribution in [-0.2, 0) is 21.7 Å². The number of fused-ring (bicyclic) bond motifs is 19. The Bertz CT molecular complexity index is 2990. The predicted molar refractivity (Wildman–Crippen MR) is 244 cm³/mol. The van der Waals surface area contributed by atoms with Gasteiger partial charge in [0.2, 0.25) is 0 Å². The van der Waals surface area contributed by atoms with Gasteiger partial charge in [0.25, 0.3) is 6.71 Å². The molecular formula is C55H51BN2. The third-order valence-corrected chi connectivity index (χ3v) is 16.4. The molecule has 1 fully saturated rings. The molecule has 7 aromatic rings. The summed E-state index contributed by atoms with van der Waals surface area (Å²) < 4.78 is 2.76. The van der Waals surface area contributed by atoms with Crippen LogP contribution in [0.2, 0.25) is 0 Å². The first-order valence-electron chi connectivity index (χ1n) is 22.0. The fourth-order valence-electron chi connectivity index (χ4n) is 13.5. The number of rotatable bonds is 0. The van der Waals surface area contributed by atoms with Gasteiger partial charge in [0.1, 0.15) is 0 Å². The van der Waals surface area contributed by atoms with Crippen LogP contribution in [-0.4, -0.2) is 16.8 Å². The largest absolute Gasteiger partial charge is 0.335 e. The average Bonchev–Trinajstić information content (AvgIpc) is 3.87. The van der Waals surface area contributed by atoms with Crippen LogP contribution < -0.4 is 21.3 Å². The van der Waals surface area contributed by atoms with Gasteiger partial charge in [-0.05, 0) is 110 Å². The van der Waals surface area contributed by atoms with E-state index in [0.717, 1.165) is 0 Å². The summed E-state index contributed by atoms with van der Waals surface area (Å²) in [5.74, 6) is 0. The molecular weight excluding hydrogens is 699 g/mol. The van der Waals surface area contributed by atoms with Crippen molar-refractivity contribution >= 4 is 45.4 Å². The maximum atomic E-state index is 2.89. The highest BCUT2D eigenvalue weighted by Crippen LogP contribution is 2.66. The summed E-state index contributed by atoms with van der Waals surface area (Å²) in [6.45, 7) is 19.9. The van der Waals surface area contributed by atoms with Gasteiger partial charge < -0.3 is 9.47 Å². The van der Waals surface area contributed by atoms with E-state index < -0.39 is 5.41 Å². The third kappa shape index (κ3) is 3.56. The van der Waals surface area contributed by atoms with Gasteiger partial charge >= 0.3 is 0 Å². The van der Waals surface area contributed by atoms with Crippen LogP contribution in [0, 0.1) is 0 Å². The second kappa shape index (κ2) is 10.3. The minimum absolute atomic E-state index is 0.00560. The van der Waals surface area contributed by atoms with Gasteiger partial charge in [0.05, 0.1) is 16.6 Å². The Hall–Kier alpha value is -5.28. The summed E-state index contributed by atoms with van der Waals surface area (Å²) >= 11 is 0. The van der Waals surface area contributed by atoms with Crippen molar-refractivity contribution in [3.05, 3.63) is 154 Å². The van der Waals surface area contributed by atoms with E-state index in [-0.39, 0.29) is 28.5 Å². The van der Waals surface area contributed by atoms with Crippen LogP contribution in [0.4, 0.5) is 11.4 Å². The van der Waals surface area contributed by atoms with Crippen LogP contribution in [0.3, 0.4) is 0 Å². The third-order valence-electron chi connectivity index (χ3n) is 16.4. The average molecular weight is 751 g/mol. The van der Waals surface area contributed by atoms with Crippen molar-refractivity contribution in [2.24, 2.45) is 0 Å². The molecule has 0 N–H and O–H groups in total. The van der Waals surface area contributed by atoms with Crippen molar-refractivity contribution in [3.63, 3.8) is 0 Å². The van der Waals surface area contributed by atoms with Gasteiger partial charge in [-0.25, -0.2) is 0 Å². The first-order valence-corrected chi connectivity index (χ1v) is 22.0. The van der Waals surface area contributed by atoms with Crippen LogP contribution >= 0.6 is 0 Å². The van der Waals surface area contributed by atoms with E-state index in [1.54, 1.807) is 5.56 Å². The number of benzene rings is 6. The Morgan fingerprint density at radius 3 is 1.81 bits per heavy atom. The Morgan fingerprint density at radius 1 is 0.569 bits per heavy atom. The molecule has 13 rings (SSSR count). The monoisotopic (exact) mass is 750 g/mol. The van der Waals surface area contributed by atoms with Crippen molar-refractivity contribution in [1.29, 1.82) is 0 Å². The second-order valence-corrected chi connectivity index (χ2v) is 21.2. The van der Waals surface area contributed by atoms with Gasteiger partial charge in [-0.3, -0.25) is 0 Å². The Balaban J connectivity index is 1.25. The first kappa shape index (κ1) is 33.7. The van der Waals surface area contributed by atoms with E-state index in [0.29, 0.717) is 0 Å². The lowest BCUT2D eigenvalue weighted by atomic mass is 9.33. The first-order chi connectivity index (χ1) is 27.8. The van der Waals surface area contributed by atoms with E-state index in [4.69, 9.17) is 0 Å². The van der Waals surface area contributed by atoms with Crippen LogP contribution in [0.1, 0.15) is 120 Å². The molecule has 0 bridgehead atoms. The zero-order valence-corrected chi connectivity index (χ0v) is 35.3. The number of hydrogen-bond donors (Lipinski definition) is 0. The maximum absolute atomic E-state index is 2.89. The van der Waals surface area contributed by atoms with Crippen molar-refractivity contribution in [2.45, 2.75) is 108 Å². The molecule has 284 valence electrons. The standard InChI is InChI=1S/C55H51BN2/c1-51(2,3)32-28-37-46-49(36-20-11-14-23-40(36)55(46)38-21-12-9-18-34(38)35-19-10-13-22-39(35)55)57-44-24-17-25-45-47(44)56(42(30-32)48(37)57)43-31-33(52(4,5)6)29-41-50(43)58(45)54(8)27-16-15-26-53(41,54)7/h9-14,17-25,28-31H,15-16,26-27H2,1-8H3. The molecule has 58 heavy (non-hydrogen) atoms. The van der Waals surface area contributed by atoms with Crippen molar-refractivity contribution < 1.29 is 0 Å². The minimum atomic E-state index is -0.423. The van der Waals surface area contributed by atoms with Crippen LogP contribution in [0.25, 0.3) is 39.0 Å². The van der Waals surface area contributed by atoms with Gasteiger partial charge in [-0.2, -0.15) is 0 Å². The molecule has 3 heteroatoms. The number of hydrogen-bond acceptors (Lipinski definition) is 1. The van der Waals surface area contributed by atoms with Crippen molar-refractivity contribution in [1.82, 2.24) is 4.57 Å². The molecule has 4 heterocycles. The van der Waals surface area contributed by atoms with Gasteiger partial charge in [-0.1, -0.05) is 158 Å². The summed E-state index contributed by atoms with van der Waals surface area (Å²) in [6, 6.07) is 45.9. The molecule has 3 aliphatic heterocycles. The molecule has 1 spiro atoms. The summed E-state index contributed by atoms with van der Waals surface area (Å²) in [7, 11) is 0. The molecule has 2 unspecified atom stereocenters. The SMILES string of the molecule is CC(C)(C)c1cc2c3c(c1)C1(C)CCCCC1(C)N3c1cccc3c1B2c1cc(C(C)(C)C)cc2c4c(n-3c12)-c1ccccc1C41c2ccccc2-c2ccccc21. The Morgan fingerprint density at radius 2 is 1.14 bits per heavy atom. The number of aromatic nitrogens is 1. The van der Waals surface area contributed by atoms with E-state index >= 15 is 0 Å². The molecule has 0 saturated heterocycles. The molecule has 0 amide bonds. The second-order valence-electron chi connectivity index (χ2n) is 21.2. The lowest BCUT2D eigenvalue weighted by molar-refractivity contribution is 0.195. The molecule has 0 radical (unpaired) electrons. The van der Waals surface area contributed by atoms with Gasteiger partial charge in [-0.15, -0.1) is 0 Å². The van der Waals surface area contributed by atoms with E-state index in [1.165, 1.54) is 126 Å². The zero-order valence-electron chi connectivity index (χ0n) is 35.3. The normalized spacial score (nSPS) is 22.1. The van der Waals surface area contributed by atoms with E-state index in [2.05, 4.69) is 180 Å². The summed E-state index contributed by atoms with van der Waals surface area (Å²) in [5.41, 5.74) is 25.4.